The number of benzene rings is 2. The van der Waals surface area contributed by atoms with Crippen LogP contribution >= 0.6 is 0 Å². The number of ether oxygens (including phenoxy) is 2. The number of hydrogen-bond donors (Lipinski definition) is 2. The van der Waals surface area contributed by atoms with Gasteiger partial charge in [-0.25, -0.2) is 4.79 Å². The molecule has 0 radical (unpaired) electrons. The highest BCUT2D eigenvalue weighted by Gasteiger charge is 2.34. The predicted molar refractivity (Wildman–Crippen MR) is 123 cm³/mol. The first-order chi connectivity index (χ1) is 14.3. The zero-order valence-corrected chi connectivity index (χ0v) is 19.1. The zero-order valence-electron chi connectivity index (χ0n) is 19.1. The van der Waals surface area contributed by atoms with Crippen LogP contribution in [0.2, 0.25) is 0 Å². The number of carbonyl (C=O) groups is 1. The summed E-state index contributed by atoms with van der Waals surface area (Å²) in [6, 6.07) is 15.7. The van der Waals surface area contributed by atoms with Gasteiger partial charge in [-0.05, 0) is 36.8 Å². The molecule has 30 heavy (non-hydrogen) atoms. The molecule has 0 fully saturated rings. The van der Waals surface area contributed by atoms with Gasteiger partial charge in [0.2, 0.25) is 5.79 Å². The lowest BCUT2D eigenvalue weighted by Gasteiger charge is -2.34. The largest absolute Gasteiger partial charge is 0.345 e. The van der Waals surface area contributed by atoms with Gasteiger partial charge < -0.3 is 20.1 Å². The van der Waals surface area contributed by atoms with Crippen molar-refractivity contribution in [3.63, 3.8) is 0 Å². The molecule has 5 heteroatoms. The van der Waals surface area contributed by atoms with Gasteiger partial charge in [-0.2, -0.15) is 0 Å². The molecule has 5 nitrogen and oxygen atoms in total. The summed E-state index contributed by atoms with van der Waals surface area (Å²) in [6.45, 7) is 13.5. The number of hydrogen-bond acceptors (Lipinski definition) is 3. The van der Waals surface area contributed by atoms with Gasteiger partial charge in [0.1, 0.15) is 0 Å². The first-order valence-corrected chi connectivity index (χ1v) is 10.9. The van der Waals surface area contributed by atoms with Crippen LogP contribution in [0.5, 0.6) is 0 Å². The summed E-state index contributed by atoms with van der Waals surface area (Å²) in [6.07, 6.45) is 0. The Labute approximate surface area is 181 Å². The first-order valence-electron chi connectivity index (χ1n) is 10.9. The Morgan fingerprint density at radius 3 is 1.87 bits per heavy atom. The van der Waals surface area contributed by atoms with Gasteiger partial charge in [-0.15, -0.1) is 0 Å². The smallest absolute Gasteiger partial charge is 0.319 e. The minimum atomic E-state index is -1.03. The van der Waals surface area contributed by atoms with Crippen molar-refractivity contribution in [2.45, 2.75) is 59.2 Å². The van der Waals surface area contributed by atoms with Crippen LogP contribution in [0.25, 0.3) is 0 Å². The number of anilines is 1. The molecule has 0 aliphatic carbocycles. The monoisotopic (exact) mass is 412 g/mol. The fraction of sp³-hybridized carbons (Fsp3) is 0.480. The second kappa shape index (κ2) is 11.1. The average molecular weight is 413 g/mol. The van der Waals surface area contributed by atoms with Gasteiger partial charge in [-0.3, -0.25) is 0 Å². The summed E-state index contributed by atoms with van der Waals surface area (Å²) in [4.78, 5) is 12.9. The van der Waals surface area contributed by atoms with Crippen molar-refractivity contribution >= 4 is 11.7 Å². The van der Waals surface area contributed by atoms with Crippen LogP contribution in [-0.4, -0.2) is 25.8 Å². The molecular formula is C25H36N2O3. The van der Waals surface area contributed by atoms with Crippen molar-refractivity contribution in [2.24, 2.45) is 0 Å². The van der Waals surface area contributed by atoms with Crippen molar-refractivity contribution in [3.8, 4) is 0 Å². The lowest BCUT2D eigenvalue weighted by molar-refractivity contribution is -0.237. The molecule has 0 saturated heterocycles. The molecule has 0 unspecified atom stereocenters. The van der Waals surface area contributed by atoms with E-state index in [1.165, 1.54) is 0 Å². The van der Waals surface area contributed by atoms with E-state index in [1.807, 2.05) is 44.2 Å². The summed E-state index contributed by atoms with van der Waals surface area (Å²) >= 11 is 0. The summed E-state index contributed by atoms with van der Waals surface area (Å²) in [5.41, 5.74) is 4.01. The van der Waals surface area contributed by atoms with E-state index in [9.17, 15) is 4.79 Å². The zero-order chi connectivity index (χ0) is 22.1. The Balaban J connectivity index is 2.25. The molecule has 0 atom stereocenters. The second-order valence-electron chi connectivity index (χ2n) is 7.91. The number of amides is 2. The van der Waals surface area contributed by atoms with Crippen molar-refractivity contribution in [1.82, 2.24) is 5.32 Å². The van der Waals surface area contributed by atoms with E-state index in [4.69, 9.17) is 9.47 Å². The maximum Gasteiger partial charge on any atom is 0.319 e. The van der Waals surface area contributed by atoms with Crippen LogP contribution in [0.4, 0.5) is 10.5 Å². The van der Waals surface area contributed by atoms with Gasteiger partial charge in [0, 0.05) is 24.5 Å². The molecule has 0 aromatic heterocycles. The van der Waals surface area contributed by atoms with E-state index < -0.39 is 5.79 Å². The van der Waals surface area contributed by atoms with Crippen molar-refractivity contribution in [1.29, 1.82) is 0 Å². The lowest BCUT2D eigenvalue weighted by atomic mass is 9.93. The minimum Gasteiger partial charge on any atom is -0.345 e. The van der Waals surface area contributed by atoms with E-state index >= 15 is 0 Å². The normalized spacial score (nSPS) is 11.7. The number of urea groups is 1. The molecule has 0 spiro atoms. The maximum atomic E-state index is 12.9. The van der Waals surface area contributed by atoms with Gasteiger partial charge in [0.15, 0.2) is 0 Å². The number of para-hydroxylation sites is 1. The Hall–Kier alpha value is -2.37. The van der Waals surface area contributed by atoms with Gasteiger partial charge in [0.05, 0.1) is 6.54 Å². The third-order valence-electron chi connectivity index (χ3n) is 5.06. The molecule has 2 N–H and O–H groups in total. The predicted octanol–water partition coefficient (Wildman–Crippen LogP) is 5.98. The van der Waals surface area contributed by atoms with E-state index in [1.54, 1.807) is 0 Å². The third-order valence-corrected chi connectivity index (χ3v) is 5.06. The Bertz CT molecular complexity index is 771. The molecule has 0 bridgehead atoms. The Morgan fingerprint density at radius 2 is 1.40 bits per heavy atom. The number of nitrogens with one attached hydrogen (secondary N) is 2. The minimum absolute atomic E-state index is 0.200. The highest BCUT2D eigenvalue weighted by Crippen LogP contribution is 2.32. The van der Waals surface area contributed by atoms with Crippen molar-refractivity contribution < 1.29 is 14.3 Å². The highest BCUT2D eigenvalue weighted by atomic mass is 16.7. The van der Waals surface area contributed by atoms with E-state index in [2.05, 4.69) is 56.5 Å². The first kappa shape index (κ1) is 23.9. The maximum absolute atomic E-state index is 12.9. The molecule has 2 aromatic rings. The third kappa shape index (κ3) is 5.83. The van der Waals surface area contributed by atoms with Gasteiger partial charge >= 0.3 is 6.03 Å². The molecule has 164 valence electrons. The van der Waals surface area contributed by atoms with Crippen LogP contribution in [0.3, 0.4) is 0 Å². The SMILES string of the molecule is CCOC(CNC(=O)Nc1c(C(C)C)cccc1C(C)C)(OCC)c1ccccc1. The molecule has 0 saturated carbocycles. The summed E-state index contributed by atoms with van der Waals surface area (Å²) in [5.74, 6) is -0.427. The van der Waals surface area contributed by atoms with Crippen LogP contribution in [0, 0.1) is 0 Å². The fourth-order valence-corrected chi connectivity index (χ4v) is 3.62. The molecule has 0 heterocycles. The Kier molecular flexibility index (Phi) is 8.88. The van der Waals surface area contributed by atoms with E-state index in [-0.39, 0.29) is 12.6 Å². The second-order valence-corrected chi connectivity index (χ2v) is 7.91. The van der Waals surface area contributed by atoms with E-state index in [0.29, 0.717) is 25.0 Å². The molecular weight excluding hydrogens is 376 g/mol. The molecule has 2 aromatic carbocycles. The Morgan fingerprint density at radius 1 is 0.867 bits per heavy atom. The van der Waals surface area contributed by atoms with Crippen LogP contribution in [-0.2, 0) is 15.3 Å². The van der Waals surface area contributed by atoms with Gasteiger partial charge in [-0.1, -0.05) is 76.2 Å². The molecule has 2 amide bonds. The molecule has 0 aliphatic heterocycles. The van der Waals surface area contributed by atoms with Crippen LogP contribution in [0.15, 0.2) is 48.5 Å². The molecule has 2 rings (SSSR count). The van der Waals surface area contributed by atoms with Crippen LogP contribution in [0.1, 0.15) is 70.1 Å². The molecule has 0 aliphatic rings. The van der Waals surface area contributed by atoms with Crippen LogP contribution < -0.4 is 10.6 Å². The lowest BCUT2D eigenvalue weighted by Crippen LogP contribution is -2.46. The average Bonchev–Trinajstić information content (AvgIpc) is 2.72. The summed E-state index contributed by atoms with van der Waals surface area (Å²) in [7, 11) is 0. The highest BCUT2D eigenvalue weighted by molar-refractivity contribution is 5.91. The topological polar surface area (TPSA) is 59.6 Å². The van der Waals surface area contributed by atoms with E-state index in [0.717, 1.165) is 22.4 Å². The van der Waals surface area contributed by atoms with Crippen molar-refractivity contribution in [2.75, 3.05) is 25.1 Å². The fourth-order valence-electron chi connectivity index (χ4n) is 3.62. The summed E-state index contributed by atoms with van der Waals surface area (Å²) < 4.78 is 12.0. The number of carbonyl (C=O) groups excluding carboxylic acids is 1. The quantitative estimate of drug-likeness (QED) is 0.472. The summed E-state index contributed by atoms with van der Waals surface area (Å²) in [5, 5.41) is 6.06. The van der Waals surface area contributed by atoms with Gasteiger partial charge in [0.25, 0.3) is 0 Å². The number of rotatable bonds is 10. The van der Waals surface area contributed by atoms with Crippen molar-refractivity contribution in [3.05, 3.63) is 65.2 Å². The standard InChI is InChI=1S/C25H36N2O3/c1-7-29-25(30-8-2,20-13-10-9-11-14-20)17-26-24(28)27-23-21(18(3)4)15-12-16-22(23)19(5)6/h9-16,18-19H,7-8,17H2,1-6H3,(H2,26,27,28).